The van der Waals surface area contributed by atoms with Crippen LogP contribution < -0.4 is 4.74 Å². The summed E-state index contributed by atoms with van der Waals surface area (Å²) in [6.07, 6.45) is 1.77. The fourth-order valence-corrected chi connectivity index (χ4v) is 4.86. The van der Waals surface area contributed by atoms with E-state index in [1.165, 1.54) is 11.8 Å². The van der Waals surface area contributed by atoms with Crippen LogP contribution in [0.25, 0.3) is 22.3 Å². The number of carbonyl (C=O) groups excluding carboxylic acids is 1. The maximum absolute atomic E-state index is 13.7. The molecule has 2 aromatic heterocycles. The van der Waals surface area contributed by atoms with Crippen LogP contribution in [0.4, 0.5) is 0 Å². The number of methoxy groups -OCH3 is 1. The van der Waals surface area contributed by atoms with E-state index in [4.69, 9.17) is 16.3 Å². The number of Topliss-reactive ketones (excluding diaryl/α,β-unsaturated/α-hetero) is 1. The average molecular weight is 475 g/mol. The first-order chi connectivity index (χ1) is 16.1. The molecular weight excluding hydrogens is 456 g/mol. The van der Waals surface area contributed by atoms with Crippen LogP contribution in [-0.4, -0.2) is 33.1 Å². The smallest absolute Gasteiger partial charge is 0.209 e. The molecule has 1 atom stereocenters. The second-order valence-corrected chi connectivity index (χ2v) is 8.84. The maximum atomic E-state index is 13.7. The molecule has 33 heavy (non-hydrogen) atoms. The zero-order chi connectivity index (χ0) is 22.8. The predicted molar refractivity (Wildman–Crippen MR) is 131 cm³/mol. The first-order valence-corrected chi connectivity index (χ1v) is 11.5. The van der Waals surface area contributed by atoms with E-state index in [0.29, 0.717) is 32.9 Å². The van der Waals surface area contributed by atoms with Gasteiger partial charge in [0.05, 0.1) is 12.7 Å². The van der Waals surface area contributed by atoms with Gasteiger partial charge in [-0.25, -0.2) is 4.98 Å². The fourth-order valence-electron chi connectivity index (χ4n) is 3.71. The number of halogens is 1. The number of benzene rings is 3. The molecule has 0 saturated carbocycles. The SMILES string of the molecule is COc1ccc(Cl)cc1-c1nc(SC(C(=O)c2c[nH]c3ccccc23)c2ccccc2)n[nH]1. The second-order valence-electron chi connectivity index (χ2n) is 7.33. The quantitative estimate of drug-likeness (QED) is 0.212. The molecule has 5 rings (SSSR count). The number of ether oxygens (including phenoxy) is 1. The minimum absolute atomic E-state index is 0.0182. The van der Waals surface area contributed by atoms with Crippen LogP contribution in [0.5, 0.6) is 5.75 Å². The van der Waals surface area contributed by atoms with Gasteiger partial charge in [-0.3, -0.25) is 9.89 Å². The lowest BCUT2D eigenvalue weighted by atomic mass is 10.0. The van der Waals surface area contributed by atoms with E-state index >= 15 is 0 Å². The number of H-pyrrole nitrogens is 2. The molecule has 0 fully saturated rings. The standard InChI is InChI=1S/C25H19ClN4O2S/c1-32-21-12-11-16(26)13-18(21)24-28-25(30-29-24)33-23(15-7-3-2-4-8-15)22(31)19-14-27-20-10-6-5-9-17(19)20/h2-14,23,27H,1H3,(H,28,29,30). The Bertz CT molecular complexity index is 1430. The summed E-state index contributed by atoms with van der Waals surface area (Å²) in [4.78, 5) is 21.5. The van der Waals surface area contributed by atoms with Gasteiger partial charge in [0, 0.05) is 27.7 Å². The number of aromatic nitrogens is 4. The summed E-state index contributed by atoms with van der Waals surface area (Å²) < 4.78 is 5.43. The Morgan fingerprint density at radius 3 is 2.67 bits per heavy atom. The Morgan fingerprint density at radius 2 is 1.85 bits per heavy atom. The number of nitrogens with one attached hydrogen (secondary N) is 2. The van der Waals surface area contributed by atoms with E-state index in [9.17, 15) is 4.79 Å². The van der Waals surface area contributed by atoms with Crippen LogP contribution in [0.15, 0.2) is 84.1 Å². The van der Waals surface area contributed by atoms with Crippen LogP contribution in [0.1, 0.15) is 21.2 Å². The first-order valence-electron chi connectivity index (χ1n) is 10.2. The van der Waals surface area contributed by atoms with E-state index in [1.807, 2.05) is 54.6 Å². The number of fused-ring (bicyclic) bond motifs is 1. The van der Waals surface area contributed by atoms with Crippen molar-refractivity contribution in [1.29, 1.82) is 0 Å². The van der Waals surface area contributed by atoms with Crippen molar-refractivity contribution in [3.63, 3.8) is 0 Å². The fraction of sp³-hybridized carbons (Fsp3) is 0.0800. The van der Waals surface area contributed by atoms with Gasteiger partial charge in [0.2, 0.25) is 5.16 Å². The molecule has 0 aliphatic heterocycles. The molecule has 0 spiro atoms. The van der Waals surface area contributed by atoms with E-state index in [-0.39, 0.29) is 5.78 Å². The summed E-state index contributed by atoms with van der Waals surface area (Å²) in [6, 6.07) is 22.7. The highest BCUT2D eigenvalue weighted by atomic mass is 35.5. The van der Waals surface area contributed by atoms with Gasteiger partial charge in [-0.2, -0.15) is 0 Å². The van der Waals surface area contributed by atoms with Gasteiger partial charge < -0.3 is 9.72 Å². The summed E-state index contributed by atoms with van der Waals surface area (Å²) >= 11 is 7.47. The third-order valence-electron chi connectivity index (χ3n) is 5.30. The number of carbonyl (C=O) groups is 1. The molecule has 0 amide bonds. The normalized spacial score (nSPS) is 12.1. The van der Waals surface area contributed by atoms with Gasteiger partial charge in [-0.1, -0.05) is 71.9 Å². The van der Waals surface area contributed by atoms with Crippen molar-refractivity contribution in [2.24, 2.45) is 0 Å². The highest BCUT2D eigenvalue weighted by Crippen LogP contribution is 2.39. The van der Waals surface area contributed by atoms with Gasteiger partial charge in [-0.05, 0) is 29.8 Å². The third kappa shape index (κ3) is 4.25. The zero-order valence-corrected chi connectivity index (χ0v) is 19.2. The Kier molecular flexibility index (Phi) is 5.90. The molecule has 0 saturated heterocycles. The van der Waals surface area contributed by atoms with Crippen molar-refractivity contribution in [2.45, 2.75) is 10.4 Å². The van der Waals surface area contributed by atoms with Crippen molar-refractivity contribution < 1.29 is 9.53 Å². The first kappa shape index (κ1) is 21.3. The highest BCUT2D eigenvalue weighted by molar-refractivity contribution is 8.00. The zero-order valence-electron chi connectivity index (χ0n) is 17.6. The van der Waals surface area contributed by atoms with Crippen molar-refractivity contribution >= 4 is 40.0 Å². The molecule has 1 unspecified atom stereocenters. The molecule has 0 radical (unpaired) electrons. The summed E-state index contributed by atoms with van der Waals surface area (Å²) in [5.74, 6) is 1.13. The van der Waals surface area contributed by atoms with Crippen molar-refractivity contribution in [3.05, 3.63) is 95.1 Å². The number of para-hydroxylation sites is 1. The summed E-state index contributed by atoms with van der Waals surface area (Å²) in [5, 5.41) is 8.69. The summed E-state index contributed by atoms with van der Waals surface area (Å²) in [6.45, 7) is 0. The molecule has 0 aliphatic carbocycles. The average Bonchev–Trinajstić information content (AvgIpc) is 3.50. The van der Waals surface area contributed by atoms with Crippen LogP contribution >= 0.6 is 23.4 Å². The third-order valence-corrected chi connectivity index (χ3v) is 6.65. The molecule has 8 heteroatoms. The molecular formula is C25H19ClN4O2S. The molecule has 3 aromatic carbocycles. The molecule has 0 bridgehead atoms. The van der Waals surface area contributed by atoms with Crippen LogP contribution in [0, 0.1) is 0 Å². The Balaban J connectivity index is 1.51. The topological polar surface area (TPSA) is 83.7 Å². The Morgan fingerprint density at radius 1 is 1.06 bits per heavy atom. The monoisotopic (exact) mass is 474 g/mol. The predicted octanol–water partition coefficient (Wildman–Crippen LogP) is 6.33. The van der Waals surface area contributed by atoms with Gasteiger partial charge in [0.15, 0.2) is 11.6 Å². The Hall–Kier alpha value is -3.55. The largest absolute Gasteiger partial charge is 0.496 e. The number of nitrogens with zero attached hydrogens (tertiary/aromatic N) is 2. The lowest BCUT2D eigenvalue weighted by Crippen LogP contribution is -2.10. The van der Waals surface area contributed by atoms with Gasteiger partial charge in [0.25, 0.3) is 0 Å². The van der Waals surface area contributed by atoms with Crippen LogP contribution in [0.2, 0.25) is 5.02 Å². The number of thioether (sulfide) groups is 1. The maximum Gasteiger partial charge on any atom is 0.209 e. The van der Waals surface area contributed by atoms with Crippen LogP contribution in [0.3, 0.4) is 0 Å². The number of hydrogen-bond acceptors (Lipinski definition) is 5. The molecule has 0 aliphatic rings. The van der Waals surface area contributed by atoms with E-state index in [0.717, 1.165) is 16.5 Å². The van der Waals surface area contributed by atoms with E-state index < -0.39 is 5.25 Å². The number of aromatic amines is 2. The van der Waals surface area contributed by atoms with Crippen molar-refractivity contribution in [1.82, 2.24) is 20.2 Å². The number of ketones is 1. The van der Waals surface area contributed by atoms with E-state index in [2.05, 4.69) is 20.2 Å². The molecule has 164 valence electrons. The van der Waals surface area contributed by atoms with Crippen molar-refractivity contribution in [2.75, 3.05) is 7.11 Å². The van der Waals surface area contributed by atoms with Crippen molar-refractivity contribution in [3.8, 4) is 17.1 Å². The highest BCUT2D eigenvalue weighted by Gasteiger charge is 2.27. The lowest BCUT2D eigenvalue weighted by Gasteiger charge is -2.14. The molecule has 5 aromatic rings. The molecule has 2 N–H and O–H groups in total. The van der Waals surface area contributed by atoms with Crippen LogP contribution in [-0.2, 0) is 0 Å². The molecule has 6 nitrogen and oxygen atoms in total. The summed E-state index contributed by atoms with van der Waals surface area (Å²) in [5.41, 5.74) is 3.14. The molecule has 2 heterocycles. The van der Waals surface area contributed by atoms with E-state index in [1.54, 1.807) is 31.5 Å². The Labute approximate surface area is 199 Å². The number of hydrogen-bond donors (Lipinski definition) is 2. The summed E-state index contributed by atoms with van der Waals surface area (Å²) in [7, 11) is 1.59. The number of rotatable bonds is 7. The second kappa shape index (κ2) is 9.13. The lowest BCUT2D eigenvalue weighted by molar-refractivity contribution is 0.0991. The van der Waals surface area contributed by atoms with Gasteiger partial charge in [-0.15, -0.1) is 5.10 Å². The minimum atomic E-state index is -0.518. The van der Waals surface area contributed by atoms with Gasteiger partial charge in [0.1, 0.15) is 11.0 Å². The van der Waals surface area contributed by atoms with Gasteiger partial charge >= 0.3 is 0 Å². The minimum Gasteiger partial charge on any atom is -0.496 e.